The second-order valence-electron chi connectivity index (χ2n) is 5.07. The maximum atomic E-state index is 5.88. The molecule has 86 valence electrons. The summed E-state index contributed by atoms with van der Waals surface area (Å²) < 4.78 is 0. The molecule has 1 aromatic heterocycles. The van der Waals surface area contributed by atoms with Crippen molar-refractivity contribution in [1.82, 2.24) is 4.98 Å². The number of rotatable bonds is 0. The van der Waals surface area contributed by atoms with Gasteiger partial charge in [-0.1, -0.05) is 43.2 Å². The standard InChI is InChI=1S/C14H14ClNSi/c1-17(2,3)7-6-11-4-5-12-10-16-14(15)9-13(12)8-11/h4-5,8-10H,1-3H3. The lowest BCUT2D eigenvalue weighted by molar-refractivity contribution is 1.36. The van der Waals surface area contributed by atoms with Crippen LogP contribution in [-0.2, 0) is 0 Å². The number of fused-ring (bicyclic) bond motifs is 1. The fraction of sp³-hybridized carbons (Fsp3) is 0.214. The van der Waals surface area contributed by atoms with Crippen molar-refractivity contribution in [2.45, 2.75) is 19.6 Å². The summed E-state index contributed by atoms with van der Waals surface area (Å²) in [5.74, 6) is 3.24. The second kappa shape index (κ2) is 4.52. The molecule has 0 aliphatic rings. The zero-order chi connectivity index (χ0) is 12.5. The van der Waals surface area contributed by atoms with Crippen LogP contribution in [0.3, 0.4) is 0 Å². The summed E-state index contributed by atoms with van der Waals surface area (Å²) in [6.45, 7) is 6.71. The van der Waals surface area contributed by atoms with E-state index in [-0.39, 0.29) is 0 Å². The highest BCUT2D eigenvalue weighted by Gasteiger charge is 2.07. The summed E-state index contributed by atoms with van der Waals surface area (Å²) in [5, 5.41) is 2.70. The predicted octanol–water partition coefficient (Wildman–Crippen LogP) is 4.12. The maximum absolute atomic E-state index is 5.88. The van der Waals surface area contributed by atoms with E-state index in [2.05, 4.69) is 42.2 Å². The van der Waals surface area contributed by atoms with Crippen LogP contribution in [-0.4, -0.2) is 13.1 Å². The molecule has 1 nitrogen and oxygen atoms in total. The summed E-state index contributed by atoms with van der Waals surface area (Å²) in [6.07, 6.45) is 1.79. The van der Waals surface area contributed by atoms with Crippen LogP contribution in [0.5, 0.6) is 0 Å². The number of aromatic nitrogens is 1. The Bertz CT molecular complexity index is 617. The Balaban J connectivity index is 2.46. The average molecular weight is 260 g/mol. The van der Waals surface area contributed by atoms with Gasteiger partial charge < -0.3 is 0 Å². The Kier molecular flexibility index (Phi) is 3.23. The van der Waals surface area contributed by atoms with Crippen molar-refractivity contribution in [3.05, 3.63) is 41.2 Å². The van der Waals surface area contributed by atoms with Gasteiger partial charge in [0.1, 0.15) is 13.2 Å². The third-order valence-corrected chi connectivity index (χ3v) is 3.35. The molecule has 1 aromatic carbocycles. The normalized spacial score (nSPS) is 11.1. The van der Waals surface area contributed by atoms with E-state index in [1.54, 1.807) is 6.20 Å². The van der Waals surface area contributed by atoms with Crippen LogP contribution < -0.4 is 0 Å². The van der Waals surface area contributed by atoms with Gasteiger partial charge in [-0.2, -0.15) is 0 Å². The molecule has 0 saturated carbocycles. The fourth-order valence-corrected chi connectivity index (χ4v) is 2.14. The summed E-state index contributed by atoms with van der Waals surface area (Å²) in [4.78, 5) is 4.06. The number of pyridine rings is 1. The van der Waals surface area contributed by atoms with Crippen LogP contribution in [0.2, 0.25) is 24.8 Å². The number of hydrogen-bond donors (Lipinski definition) is 0. The second-order valence-corrected chi connectivity index (χ2v) is 10.2. The molecule has 0 amide bonds. The van der Waals surface area contributed by atoms with Crippen molar-refractivity contribution in [1.29, 1.82) is 0 Å². The third kappa shape index (κ3) is 3.32. The van der Waals surface area contributed by atoms with E-state index in [9.17, 15) is 0 Å². The topological polar surface area (TPSA) is 12.9 Å². The lowest BCUT2D eigenvalue weighted by Crippen LogP contribution is -2.16. The highest BCUT2D eigenvalue weighted by molar-refractivity contribution is 6.83. The molecule has 0 saturated heterocycles. The van der Waals surface area contributed by atoms with Gasteiger partial charge >= 0.3 is 0 Å². The smallest absolute Gasteiger partial charge is 0.129 e. The first-order chi connectivity index (χ1) is 7.94. The molecule has 0 radical (unpaired) electrons. The van der Waals surface area contributed by atoms with E-state index in [0.717, 1.165) is 16.3 Å². The van der Waals surface area contributed by atoms with Crippen LogP contribution in [0.1, 0.15) is 5.56 Å². The zero-order valence-electron chi connectivity index (χ0n) is 10.2. The summed E-state index contributed by atoms with van der Waals surface area (Å²) in [5.41, 5.74) is 4.40. The first-order valence-electron chi connectivity index (χ1n) is 5.52. The van der Waals surface area contributed by atoms with Gasteiger partial charge in [0.2, 0.25) is 0 Å². The van der Waals surface area contributed by atoms with Gasteiger partial charge in [-0.25, -0.2) is 4.98 Å². The lowest BCUT2D eigenvalue weighted by atomic mass is 10.1. The average Bonchev–Trinajstić information content (AvgIpc) is 2.24. The summed E-state index contributed by atoms with van der Waals surface area (Å²) in [6, 6.07) is 8.00. The Labute approximate surface area is 108 Å². The monoisotopic (exact) mass is 259 g/mol. The first kappa shape index (κ1) is 12.2. The molecule has 1 heterocycles. The molecule has 0 aliphatic carbocycles. The molecule has 17 heavy (non-hydrogen) atoms. The molecule has 0 atom stereocenters. The molecule has 0 N–H and O–H groups in total. The van der Waals surface area contributed by atoms with Gasteiger partial charge in [0.05, 0.1) is 0 Å². The molecule has 0 spiro atoms. The van der Waals surface area contributed by atoms with Gasteiger partial charge in [0.25, 0.3) is 0 Å². The quantitative estimate of drug-likeness (QED) is 0.394. The van der Waals surface area contributed by atoms with E-state index in [4.69, 9.17) is 11.6 Å². The minimum absolute atomic E-state index is 0.521. The van der Waals surface area contributed by atoms with Crippen LogP contribution in [0, 0.1) is 11.5 Å². The Morgan fingerprint density at radius 2 is 1.88 bits per heavy atom. The van der Waals surface area contributed by atoms with E-state index < -0.39 is 8.07 Å². The lowest BCUT2D eigenvalue weighted by Gasteiger charge is -2.03. The summed E-state index contributed by atoms with van der Waals surface area (Å²) >= 11 is 5.88. The number of hydrogen-bond acceptors (Lipinski definition) is 1. The van der Waals surface area contributed by atoms with Crippen molar-refractivity contribution in [3.8, 4) is 11.5 Å². The molecule has 2 aromatic rings. The van der Waals surface area contributed by atoms with E-state index >= 15 is 0 Å². The van der Waals surface area contributed by atoms with Crippen LogP contribution in [0.4, 0.5) is 0 Å². The van der Waals surface area contributed by atoms with Crippen LogP contribution in [0.15, 0.2) is 30.5 Å². The molecular weight excluding hydrogens is 246 g/mol. The van der Waals surface area contributed by atoms with Crippen molar-refractivity contribution < 1.29 is 0 Å². The molecule has 2 rings (SSSR count). The van der Waals surface area contributed by atoms with Crippen molar-refractivity contribution in [3.63, 3.8) is 0 Å². The summed E-state index contributed by atoms with van der Waals surface area (Å²) in [7, 11) is -1.32. The molecule has 0 bridgehead atoms. The van der Waals surface area contributed by atoms with E-state index in [1.165, 1.54) is 0 Å². The Hall–Kier alpha value is -1.30. The zero-order valence-corrected chi connectivity index (χ0v) is 12.0. The predicted molar refractivity (Wildman–Crippen MR) is 77.0 cm³/mol. The number of halogens is 1. The highest BCUT2D eigenvalue weighted by atomic mass is 35.5. The maximum Gasteiger partial charge on any atom is 0.129 e. The van der Waals surface area contributed by atoms with Crippen molar-refractivity contribution >= 4 is 30.4 Å². The molecule has 0 fully saturated rings. The molecule has 0 unspecified atom stereocenters. The van der Waals surface area contributed by atoms with Gasteiger partial charge in [-0.15, -0.1) is 5.54 Å². The minimum Gasteiger partial charge on any atom is -0.244 e. The minimum atomic E-state index is -1.32. The van der Waals surface area contributed by atoms with Crippen molar-refractivity contribution in [2.24, 2.45) is 0 Å². The van der Waals surface area contributed by atoms with Gasteiger partial charge in [-0.05, 0) is 23.6 Å². The van der Waals surface area contributed by atoms with Crippen LogP contribution in [0.25, 0.3) is 10.8 Å². The Morgan fingerprint density at radius 1 is 1.12 bits per heavy atom. The SMILES string of the molecule is C[Si](C)(C)C#Cc1ccc2cnc(Cl)cc2c1. The van der Waals surface area contributed by atoms with Gasteiger partial charge in [0.15, 0.2) is 0 Å². The van der Waals surface area contributed by atoms with E-state index in [0.29, 0.717) is 5.15 Å². The molecule has 3 heteroatoms. The Morgan fingerprint density at radius 3 is 2.59 bits per heavy atom. The number of nitrogens with zero attached hydrogens (tertiary/aromatic N) is 1. The number of benzene rings is 1. The molecule has 0 aliphatic heterocycles. The van der Waals surface area contributed by atoms with Gasteiger partial charge in [-0.3, -0.25) is 0 Å². The first-order valence-corrected chi connectivity index (χ1v) is 9.40. The van der Waals surface area contributed by atoms with Crippen LogP contribution >= 0.6 is 11.6 Å². The fourth-order valence-electron chi connectivity index (χ4n) is 1.45. The van der Waals surface area contributed by atoms with Gasteiger partial charge in [0, 0.05) is 17.1 Å². The molecular formula is C14H14ClNSi. The van der Waals surface area contributed by atoms with E-state index in [1.807, 2.05) is 18.2 Å². The van der Waals surface area contributed by atoms with Crippen molar-refractivity contribution in [2.75, 3.05) is 0 Å². The highest BCUT2D eigenvalue weighted by Crippen LogP contribution is 2.18. The third-order valence-electron chi connectivity index (χ3n) is 2.27. The largest absolute Gasteiger partial charge is 0.244 e.